The van der Waals surface area contributed by atoms with Gasteiger partial charge in [0.2, 0.25) is 5.91 Å². The molecule has 0 radical (unpaired) electrons. The first kappa shape index (κ1) is 21.3. The molecule has 3 aromatic rings. The molecule has 6 nitrogen and oxygen atoms in total. The third kappa shape index (κ3) is 5.21. The summed E-state index contributed by atoms with van der Waals surface area (Å²) in [6.45, 7) is 2.17. The highest BCUT2D eigenvalue weighted by Crippen LogP contribution is 2.23. The zero-order chi connectivity index (χ0) is 22.5. The lowest BCUT2D eigenvalue weighted by molar-refractivity contribution is -0.111. The molecule has 162 valence electrons. The van der Waals surface area contributed by atoms with Crippen LogP contribution in [0, 0.1) is 5.92 Å². The first-order valence-corrected chi connectivity index (χ1v) is 10.7. The second-order valence-electron chi connectivity index (χ2n) is 8.13. The topological polar surface area (TPSA) is 91.1 Å². The van der Waals surface area contributed by atoms with Crippen LogP contribution in [0.3, 0.4) is 0 Å². The molecule has 0 spiro atoms. The van der Waals surface area contributed by atoms with Crippen LogP contribution in [-0.4, -0.2) is 16.8 Å². The van der Waals surface area contributed by atoms with E-state index in [-0.39, 0.29) is 17.0 Å². The molecule has 1 heterocycles. The molecule has 1 aliphatic rings. The van der Waals surface area contributed by atoms with Gasteiger partial charge in [0.05, 0.1) is 0 Å². The Morgan fingerprint density at radius 1 is 1.00 bits per heavy atom. The predicted molar refractivity (Wildman–Crippen MR) is 127 cm³/mol. The summed E-state index contributed by atoms with van der Waals surface area (Å²) in [5.74, 6) is -0.224. The average Bonchev–Trinajstić information content (AvgIpc) is 2.78. The maximum absolute atomic E-state index is 12.8. The molecule has 0 saturated carbocycles. The van der Waals surface area contributed by atoms with Crippen LogP contribution in [0.1, 0.15) is 40.5 Å². The van der Waals surface area contributed by atoms with Crippen molar-refractivity contribution in [1.29, 1.82) is 0 Å². The Labute approximate surface area is 186 Å². The number of aromatic amines is 1. The van der Waals surface area contributed by atoms with E-state index in [2.05, 4.69) is 22.5 Å². The minimum atomic E-state index is -0.472. The van der Waals surface area contributed by atoms with E-state index in [4.69, 9.17) is 0 Å². The number of H-pyrrole nitrogens is 1. The monoisotopic (exact) mass is 427 g/mol. The summed E-state index contributed by atoms with van der Waals surface area (Å²) < 4.78 is 0. The van der Waals surface area contributed by atoms with Crippen molar-refractivity contribution in [3.63, 3.8) is 0 Å². The number of carbonyl (C=O) groups is 2. The van der Waals surface area contributed by atoms with Gasteiger partial charge in [-0.25, -0.2) is 0 Å². The fraction of sp³-hybridized carbons (Fsp3) is 0.192. The summed E-state index contributed by atoms with van der Waals surface area (Å²) in [5.41, 5.74) is 3.62. The van der Waals surface area contributed by atoms with Gasteiger partial charge >= 0.3 is 0 Å². The lowest BCUT2D eigenvalue weighted by Crippen LogP contribution is -2.27. The quantitative estimate of drug-likeness (QED) is 0.527. The zero-order valence-electron chi connectivity index (χ0n) is 17.9. The van der Waals surface area contributed by atoms with Gasteiger partial charge in [0.15, 0.2) is 0 Å². The van der Waals surface area contributed by atoms with Crippen molar-refractivity contribution >= 4 is 29.3 Å². The lowest BCUT2D eigenvalue weighted by Gasteiger charge is -2.21. The Balaban J connectivity index is 1.44. The number of hydrogen-bond acceptors (Lipinski definition) is 3. The van der Waals surface area contributed by atoms with Crippen LogP contribution < -0.4 is 16.2 Å². The number of benzene rings is 2. The number of anilines is 2. The summed E-state index contributed by atoms with van der Waals surface area (Å²) in [6.07, 6.45) is 5.89. The van der Waals surface area contributed by atoms with Crippen molar-refractivity contribution in [2.75, 3.05) is 10.6 Å². The number of nitrogens with one attached hydrogen (secondary N) is 3. The van der Waals surface area contributed by atoms with Crippen molar-refractivity contribution in [3.8, 4) is 0 Å². The summed E-state index contributed by atoms with van der Waals surface area (Å²) in [5, 5.41) is 5.54. The van der Waals surface area contributed by atoms with Crippen molar-refractivity contribution in [2.24, 2.45) is 5.92 Å². The van der Waals surface area contributed by atoms with Crippen LogP contribution in [0.5, 0.6) is 0 Å². The molecule has 1 aromatic heterocycles. The van der Waals surface area contributed by atoms with E-state index < -0.39 is 5.91 Å². The normalized spacial score (nSPS) is 15.2. The van der Waals surface area contributed by atoms with Crippen LogP contribution >= 0.6 is 0 Å². The van der Waals surface area contributed by atoms with Crippen LogP contribution in [0.4, 0.5) is 11.4 Å². The van der Waals surface area contributed by atoms with Crippen molar-refractivity contribution in [3.05, 3.63) is 99.5 Å². The third-order valence-corrected chi connectivity index (χ3v) is 5.53. The molecule has 1 atom stereocenters. The van der Waals surface area contributed by atoms with Crippen LogP contribution in [0.15, 0.2) is 71.5 Å². The van der Waals surface area contributed by atoms with Gasteiger partial charge in [-0.15, -0.1) is 0 Å². The van der Waals surface area contributed by atoms with Crippen LogP contribution in [-0.2, 0) is 17.6 Å². The number of pyridine rings is 1. The number of hydrogen-bond donors (Lipinski definition) is 3. The van der Waals surface area contributed by atoms with E-state index in [9.17, 15) is 14.4 Å². The molecule has 3 N–H and O–H groups in total. The number of fused-ring (bicyclic) bond motifs is 1. The van der Waals surface area contributed by atoms with Gasteiger partial charge in [-0.2, -0.15) is 0 Å². The number of aryl methyl sites for hydroxylation is 1. The molecule has 4 rings (SSSR count). The molecule has 2 amide bonds. The van der Waals surface area contributed by atoms with Gasteiger partial charge in [-0.1, -0.05) is 43.3 Å². The molecule has 1 unspecified atom stereocenters. The number of carbonyl (C=O) groups excluding carboxylic acids is 2. The summed E-state index contributed by atoms with van der Waals surface area (Å²) in [4.78, 5) is 40.3. The minimum absolute atomic E-state index is 0.0954. The molecular formula is C26H25N3O3. The zero-order valence-corrected chi connectivity index (χ0v) is 17.9. The van der Waals surface area contributed by atoms with Crippen molar-refractivity contribution in [2.45, 2.75) is 26.2 Å². The van der Waals surface area contributed by atoms with Gasteiger partial charge in [-0.3, -0.25) is 14.4 Å². The molecule has 0 aliphatic heterocycles. The van der Waals surface area contributed by atoms with Gasteiger partial charge in [0, 0.05) is 23.1 Å². The third-order valence-electron chi connectivity index (χ3n) is 5.53. The van der Waals surface area contributed by atoms with Gasteiger partial charge in [-0.05, 0) is 66.6 Å². The van der Waals surface area contributed by atoms with E-state index in [1.807, 2.05) is 30.3 Å². The number of amides is 2. The summed E-state index contributed by atoms with van der Waals surface area (Å²) in [7, 11) is 0. The van der Waals surface area contributed by atoms with Crippen molar-refractivity contribution < 1.29 is 9.59 Å². The average molecular weight is 428 g/mol. The maximum Gasteiger partial charge on any atom is 0.261 e. The predicted octanol–water partition coefficient (Wildman–Crippen LogP) is 4.40. The molecule has 2 aromatic carbocycles. The van der Waals surface area contributed by atoms with E-state index in [0.29, 0.717) is 17.3 Å². The Hall–Kier alpha value is -3.93. The standard InChI is InChI=1S/C26H25N3O3/c1-17-10-12-23-19(14-17)15-22(26(32)29-23)25(31)28-21-9-5-8-20(16-21)27-24(30)13-11-18-6-3-2-4-7-18/h2-9,11,13,15-17H,10,12,14H2,1H3,(H,27,30)(H,28,31)(H,29,32). The molecule has 6 heteroatoms. The van der Waals surface area contributed by atoms with Crippen molar-refractivity contribution in [1.82, 2.24) is 4.98 Å². The highest BCUT2D eigenvalue weighted by atomic mass is 16.2. The minimum Gasteiger partial charge on any atom is -0.325 e. The Kier molecular flexibility index (Phi) is 6.31. The number of rotatable bonds is 5. The summed E-state index contributed by atoms with van der Waals surface area (Å²) in [6, 6.07) is 18.1. The fourth-order valence-corrected chi connectivity index (χ4v) is 3.85. The van der Waals surface area contributed by atoms with Gasteiger partial charge in [0.25, 0.3) is 11.5 Å². The largest absolute Gasteiger partial charge is 0.325 e. The fourth-order valence-electron chi connectivity index (χ4n) is 3.85. The van der Waals surface area contributed by atoms with E-state index in [1.54, 1.807) is 36.4 Å². The molecule has 1 aliphatic carbocycles. The Morgan fingerprint density at radius 3 is 2.53 bits per heavy atom. The van der Waals surface area contributed by atoms with E-state index in [1.165, 1.54) is 6.08 Å². The second-order valence-corrected chi connectivity index (χ2v) is 8.13. The molecular weight excluding hydrogens is 402 g/mol. The SMILES string of the molecule is CC1CCc2[nH]c(=O)c(C(=O)Nc3cccc(NC(=O)C=Cc4ccccc4)c3)cc2C1. The molecule has 0 fully saturated rings. The lowest BCUT2D eigenvalue weighted by atomic mass is 9.87. The molecule has 0 bridgehead atoms. The smallest absolute Gasteiger partial charge is 0.261 e. The maximum atomic E-state index is 12.8. The Morgan fingerprint density at radius 2 is 1.75 bits per heavy atom. The first-order valence-electron chi connectivity index (χ1n) is 10.7. The molecule has 32 heavy (non-hydrogen) atoms. The van der Waals surface area contributed by atoms with Crippen LogP contribution in [0.2, 0.25) is 0 Å². The van der Waals surface area contributed by atoms with Gasteiger partial charge < -0.3 is 15.6 Å². The number of aromatic nitrogens is 1. The second kappa shape index (κ2) is 9.47. The first-order chi connectivity index (χ1) is 15.5. The van der Waals surface area contributed by atoms with Gasteiger partial charge in [0.1, 0.15) is 5.56 Å². The highest BCUT2D eigenvalue weighted by molar-refractivity contribution is 6.05. The highest BCUT2D eigenvalue weighted by Gasteiger charge is 2.20. The molecule has 0 saturated heterocycles. The Bertz CT molecular complexity index is 1230. The van der Waals surface area contributed by atoms with E-state index >= 15 is 0 Å². The van der Waals surface area contributed by atoms with Crippen LogP contribution in [0.25, 0.3) is 6.08 Å². The summed E-state index contributed by atoms with van der Waals surface area (Å²) >= 11 is 0. The van der Waals surface area contributed by atoms with E-state index in [0.717, 1.165) is 36.1 Å².